The van der Waals surface area contributed by atoms with E-state index in [0.717, 1.165) is 29.5 Å². The third-order valence-electron chi connectivity index (χ3n) is 7.13. The van der Waals surface area contributed by atoms with E-state index in [4.69, 9.17) is 9.16 Å². The van der Waals surface area contributed by atoms with E-state index in [9.17, 15) is 10.1 Å². The zero-order valence-corrected chi connectivity index (χ0v) is 23.4. The van der Waals surface area contributed by atoms with Crippen molar-refractivity contribution in [3.8, 4) is 6.07 Å². The van der Waals surface area contributed by atoms with Crippen molar-refractivity contribution >= 4 is 25.5 Å². The molecule has 0 N–H and O–H groups in total. The number of nitrogens with zero attached hydrogens (tertiary/aromatic N) is 1. The second-order valence-electron chi connectivity index (χ2n) is 9.70. The molecule has 0 heterocycles. The van der Waals surface area contributed by atoms with E-state index in [1.807, 2.05) is 12.1 Å². The van der Waals surface area contributed by atoms with Gasteiger partial charge in [-0.2, -0.15) is 5.26 Å². The van der Waals surface area contributed by atoms with E-state index in [1.165, 1.54) is 11.3 Å². The Bertz CT molecular complexity index is 1040. The molecule has 0 atom stereocenters. The van der Waals surface area contributed by atoms with Crippen molar-refractivity contribution in [2.75, 3.05) is 6.61 Å². The van der Waals surface area contributed by atoms with Crippen LogP contribution in [-0.4, -0.2) is 20.9 Å². The predicted molar refractivity (Wildman–Crippen MR) is 147 cm³/mol. The SMILES string of the molecule is CCOC(=O)/C=C/c1cccc(CO[Si](c2cccc(C(C#N)(CC)CC)c2)(C(C)C)C(C)C)c1. The highest BCUT2D eigenvalue weighted by atomic mass is 28.4. The number of ether oxygens (including phenoxy) is 1. The van der Waals surface area contributed by atoms with Gasteiger partial charge in [0, 0.05) is 6.08 Å². The van der Waals surface area contributed by atoms with Crippen LogP contribution in [0.25, 0.3) is 6.08 Å². The van der Waals surface area contributed by atoms with Gasteiger partial charge in [0.05, 0.1) is 24.7 Å². The van der Waals surface area contributed by atoms with Crippen molar-refractivity contribution in [2.24, 2.45) is 0 Å². The van der Waals surface area contributed by atoms with E-state index < -0.39 is 13.7 Å². The van der Waals surface area contributed by atoms with Crippen LogP contribution in [0.15, 0.2) is 54.6 Å². The summed E-state index contributed by atoms with van der Waals surface area (Å²) in [5.74, 6) is -0.340. The molecular formula is C30H41NO3Si. The maximum atomic E-state index is 11.7. The van der Waals surface area contributed by atoms with E-state index in [2.05, 4.69) is 84.0 Å². The summed E-state index contributed by atoms with van der Waals surface area (Å²) in [6.07, 6.45) is 4.80. The van der Waals surface area contributed by atoms with Crippen molar-refractivity contribution in [1.82, 2.24) is 0 Å². The summed E-state index contributed by atoms with van der Waals surface area (Å²) in [7, 11) is -2.42. The Morgan fingerprint density at radius 2 is 1.69 bits per heavy atom. The van der Waals surface area contributed by atoms with Gasteiger partial charge in [-0.3, -0.25) is 0 Å². The number of nitriles is 1. The van der Waals surface area contributed by atoms with Crippen LogP contribution in [0.5, 0.6) is 0 Å². The van der Waals surface area contributed by atoms with Crippen LogP contribution in [-0.2, 0) is 26.0 Å². The van der Waals surface area contributed by atoms with Crippen LogP contribution in [0.1, 0.15) is 78.0 Å². The molecule has 0 aliphatic carbocycles. The summed E-state index contributed by atoms with van der Waals surface area (Å²) >= 11 is 0. The normalized spacial score (nSPS) is 12.3. The van der Waals surface area contributed by atoms with Crippen molar-refractivity contribution in [1.29, 1.82) is 5.26 Å². The van der Waals surface area contributed by atoms with Gasteiger partial charge in [-0.25, -0.2) is 4.79 Å². The van der Waals surface area contributed by atoms with E-state index in [1.54, 1.807) is 13.0 Å². The fourth-order valence-corrected chi connectivity index (χ4v) is 9.68. The van der Waals surface area contributed by atoms with Gasteiger partial charge in [-0.1, -0.05) is 84.0 Å². The van der Waals surface area contributed by atoms with Gasteiger partial charge in [0.15, 0.2) is 0 Å². The minimum absolute atomic E-state index is 0.340. The van der Waals surface area contributed by atoms with Crippen LogP contribution in [0.2, 0.25) is 11.1 Å². The fraction of sp³-hybridized carbons (Fsp3) is 0.467. The van der Waals surface area contributed by atoms with Crippen molar-refractivity contribution in [3.05, 3.63) is 71.3 Å². The van der Waals surface area contributed by atoms with E-state index in [0.29, 0.717) is 24.3 Å². The van der Waals surface area contributed by atoms with Crippen molar-refractivity contribution in [2.45, 2.75) is 84.4 Å². The van der Waals surface area contributed by atoms with Gasteiger partial charge in [0.25, 0.3) is 0 Å². The third kappa shape index (κ3) is 6.51. The highest BCUT2D eigenvalue weighted by molar-refractivity contribution is 6.88. The van der Waals surface area contributed by atoms with Crippen LogP contribution < -0.4 is 5.19 Å². The van der Waals surface area contributed by atoms with Gasteiger partial charge in [0.2, 0.25) is 8.32 Å². The van der Waals surface area contributed by atoms with Gasteiger partial charge in [-0.15, -0.1) is 0 Å². The lowest BCUT2D eigenvalue weighted by molar-refractivity contribution is -0.137. The Morgan fingerprint density at radius 1 is 1.03 bits per heavy atom. The van der Waals surface area contributed by atoms with E-state index >= 15 is 0 Å². The number of carbonyl (C=O) groups is 1. The Kier molecular flexibility index (Phi) is 10.5. The van der Waals surface area contributed by atoms with Crippen LogP contribution in [0, 0.1) is 11.3 Å². The number of esters is 1. The molecule has 188 valence electrons. The number of carbonyl (C=O) groups excluding carboxylic acids is 1. The summed E-state index contributed by atoms with van der Waals surface area (Å²) in [4.78, 5) is 11.7. The molecule has 5 heteroatoms. The Labute approximate surface area is 213 Å². The summed E-state index contributed by atoms with van der Waals surface area (Å²) in [5, 5.41) is 11.3. The molecule has 2 aromatic carbocycles. The predicted octanol–water partition coefficient (Wildman–Crippen LogP) is 7.03. The molecule has 0 unspecified atom stereocenters. The van der Waals surface area contributed by atoms with Gasteiger partial charge >= 0.3 is 5.97 Å². The van der Waals surface area contributed by atoms with Crippen molar-refractivity contribution < 1.29 is 14.0 Å². The Hall–Kier alpha value is -2.68. The highest BCUT2D eigenvalue weighted by Crippen LogP contribution is 2.36. The summed E-state index contributed by atoms with van der Waals surface area (Å²) in [6, 6.07) is 19.3. The van der Waals surface area contributed by atoms with Crippen LogP contribution in [0.3, 0.4) is 0 Å². The van der Waals surface area contributed by atoms with E-state index in [-0.39, 0.29) is 5.97 Å². The highest BCUT2D eigenvalue weighted by Gasteiger charge is 2.45. The summed E-state index contributed by atoms with van der Waals surface area (Å²) < 4.78 is 11.9. The molecule has 0 aliphatic rings. The summed E-state index contributed by atoms with van der Waals surface area (Å²) in [5.41, 5.74) is 3.33. The molecule has 0 amide bonds. The maximum absolute atomic E-state index is 11.7. The zero-order valence-electron chi connectivity index (χ0n) is 22.4. The molecule has 0 saturated heterocycles. The second-order valence-corrected chi connectivity index (χ2v) is 14.5. The van der Waals surface area contributed by atoms with Crippen LogP contribution >= 0.6 is 0 Å². The topological polar surface area (TPSA) is 59.3 Å². The first-order chi connectivity index (χ1) is 16.7. The molecule has 0 bridgehead atoms. The van der Waals surface area contributed by atoms with Gasteiger partial charge < -0.3 is 9.16 Å². The quantitative estimate of drug-likeness (QED) is 0.182. The molecule has 0 radical (unpaired) electrons. The lowest BCUT2D eigenvalue weighted by Gasteiger charge is -2.40. The average molecular weight is 492 g/mol. The smallest absolute Gasteiger partial charge is 0.330 e. The molecule has 2 aromatic rings. The minimum Gasteiger partial charge on any atom is -0.463 e. The third-order valence-corrected chi connectivity index (χ3v) is 12.4. The van der Waals surface area contributed by atoms with Crippen molar-refractivity contribution in [3.63, 3.8) is 0 Å². The number of rotatable bonds is 12. The Morgan fingerprint density at radius 3 is 2.26 bits per heavy atom. The van der Waals surface area contributed by atoms with Crippen LogP contribution in [0.4, 0.5) is 0 Å². The average Bonchev–Trinajstić information content (AvgIpc) is 2.85. The molecule has 4 nitrogen and oxygen atoms in total. The molecule has 0 spiro atoms. The first-order valence-electron chi connectivity index (χ1n) is 12.8. The molecule has 2 rings (SSSR count). The molecule has 35 heavy (non-hydrogen) atoms. The van der Waals surface area contributed by atoms with Gasteiger partial charge in [-0.05, 0) is 64.9 Å². The minimum atomic E-state index is -2.42. The molecule has 0 saturated carbocycles. The standard InChI is InChI=1S/C30H41NO3Si/c1-8-30(9-2,22-31)27-15-12-16-28(20-27)35(23(4)5,24(6)7)34-21-26-14-11-13-25(19-26)17-18-29(32)33-10-3/h11-20,23-24H,8-10,21H2,1-7H3/b18-17+. The monoisotopic (exact) mass is 491 g/mol. The molecular weight excluding hydrogens is 450 g/mol. The fourth-order valence-electron chi connectivity index (χ4n) is 5.03. The lowest BCUT2D eigenvalue weighted by Crippen LogP contribution is -2.56. The largest absolute Gasteiger partial charge is 0.463 e. The molecule has 0 aliphatic heterocycles. The molecule has 0 fully saturated rings. The first-order valence-corrected chi connectivity index (χ1v) is 14.8. The maximum Gasteiger partial charge on any atom is 0.330 e. The summed E-state index contributed by atoms with van der Waals surface area (Å²) in [6.45, 7) is 15.9. The zero-order chi connectivity index (χ0) is 26.1. The number of hydrogen-bond acceptors (Lipinski definition) is 4. The Balaban J connectivity index is 2.42. The molecule has 0 aromatic heterocycles. The lowest BCUT2D eigenvalue weighted by atomic mass is 9.77. The van der Waals surface area contributed by atoms with Gasteiger partial charge in [0.1, 0.15) is 0 Å². The number of hydrogen-bond donors (Lipinski definition) is 0. The number of benzene rings is 2. The second kappa shape index (κ2) is 12.9. The first kappa shape index (κ1) is 28.6.